The first-order valence-electron chi connectivity index (χ1n) is 7.34. The standard InChI is InChI=1S/C15H17N3O8/c1-4-15(2,3)14(20)16-9-7-10(17(21)22)13(11(8-9)18(23)24)12(19)5-6-26-25/h5-8,25H,4H2,1-3H3,(H,16,20). The molecule has 140 valence electrons. The van der Waals surface area contributed by atoms with Crippen molar-refractivity contribution in [3.05, 3.63) is 50.3 Å². The Morgan fingerprint density at radius 3 is 2.12 bits per heavy atom. The first kappa shape index (κ1) is 20.7. The van der Waals surface area contributed by atoms with E-state index in [2.05, 4.69) is 10.2 Å². The fourth-order valence-corrected chi connectivity index (χ4v) is 1.86. The molecule has 0 spiro atoms. The normalized spacial score (nSPS) is 11.2. The van der Waals surface area contributed by atoms with E-state index in [1.54, 1.807) is 20.8 Å². The van der Waals surface area contributed by atoms with E-state index in [4.69, 9.17) is 5.26 Å². The molecular formula is C15H17N3O8. The van der Waals surface area contributed by atoms with E-state index in [0.717, 1.165) is 12.1 Å². The molecule has 0 fully saturated rings. The zero-order valence-electron chi connectivity index (χ0n) is 14.2. The van der Waals surface area contributed by atoms with Crippen LogP contribution in [0.25, 0.3) is 0 Å². The minimum atomic E-state index is -1.12. The van der Waals surface area contributed by atoms with Crippen LogP contribution in [0.1, 0.15) is 37.6 Å². The van der Waals surface area contributed by atoms with Gasteiger partial charge >= 0.3 is 0 Å². The van der Waals surface area contributed by atoms with Gasteiger partial charge in [0.2, 0.25) is 11.7 Å². The van der Waals surface area contributed by atoms with Crippen LogP contribution in [-0.4, -0.2) is 26.8 Å². The van der Waals surface area contributed by atoms with Crippen molar-refractivity contribution in [2.24, 2.45) is 5.41 Å². The molecule has 1 amide bonds. The fourth-order valence-electron chi connectivity index (χ4n) is 1.86. The topological polar surface area (TPSA) is 162 Å². The molecule has 0 aromatic heterocycles. The van der Waals surface area contributed by atoms with Crippen LogP contribution in [0.2, 0.25) is 0 Å². The Morgan fingerprint density at radius 2 is 1.73 bits per heavy atom. The Hall–Kier alpha value is -3.34. The van der Waals surface area contributed by atoms with Crippen LogP contribution < -0.4 is 5.32 Å². The summed E-state index contributed by atoms with van der Waals surface area (Å²) in [7, 11) is 0. The van der Waals surface area contributed by atoms with Crippen molar-refractivity contribution >= 4 is 28.8 Å². The second kappa shape index (κ2) is 8.16. The Kier molecular flexibility index (Phi) is 6.50. The monoisotopic (exact) mass is 367 g/mol. The van der Waals surface area contributed by atoms with Gasteiger partial charge in [0.05, 0.1) is 15.5 Å². The van der Waals surface area contributed by atoms with E-state index < -0.39 is 43.9 Å². The van der Waals surface area contributed by atoms with Gasteiger partial charge in [0.1, 0.15) is 6.26 Å². The lowest BCUT2D eigenvalue weighted by Gasteiger charge is -2.21. The molecule has 0 radical (unpaired) electrons. The van der Waals surface area contributed by atoms with Crippen molar-refractivity contribution in [1.29, 1.82) is 0 Å². The number of rotatable bonds is 8. The summed E-state index contributed by atoms with van der Waals surface area (Å²) in [6, 6.07) is 1.72. The second-order valence-electron chi connectivity index (χ2n) is 5.87. The number of ketones is 1. The number of hydrogen-bond donors (Lipinski definition) is 2. The van der Waals surface area contributed by atoms with Gasteiger partial charge in [-0.2, -0.15) is 0 Å². The van der Waals surface area contributed by atoms with Crippen molar-refractivity contribution in [2.45, 2.75) is 27.2 Å². The second-order valence-corrected chi connectivity index (χ2v) is 5.87. The molecule has 1 aromatic rings. The molecule has 0 atom stereocenters. The van der Waals surface area contributed by atoms with E-state index >= 15 is 0 Å². The molecule has 0 aliphatic carbocycles. The van der Waals surface area contributed by atoms with Gasteiger partial charge in [-0.1, -0.05) is 20.8 Å². The van der Waals surface area contributed by atoms with Crippen LogP contribution in [0.4, 0.5) is 17.1 Å². The maximum absolute atomic E-state index is 12.2. The number of carbonyl (C=O) groups is 2. The molecule has 1 aromatic carbocycles. The van der Waals surface area contributed by atoms with Gasteiger partial charge in [0, 0.05) is 23.6 Å². The number of nitrogens with zero attached hydrogens (tertiary/aromatic N) is 2. The fraction of sp³-hybridized carbons (Fsp3) is 0.333. The van der Waals surface area contributed by atoms with Gasteiger partial charge in [-0.25, -0.2) is 5.26 Å². The van der Waals surface area contributed by atoms with Crippen molar-refractivity contribution in [3.8, 4) is 0 Å². The van der Waals surface area contributed by atoms with Crippen LogP contribution in [0.15, 0.2) is 24.5 Å². The number of carbonyl (C=O) groups excluding carboxylic acids is 2. The number of nitro groups is 2. The summed E-state index contributed by atoms with van der Waals surface area (Å²) in [6.45, 7) is 5.05. The first-order valence-corrected chi connectivity index (χ1v) is 7.34. The maximum atomic E-state index is 12.2. The van der Waals surface area contributed by atoms with E-state index in [-0.39, 0.29) is 5.69 Å². The molecule has 0 aliphatic rings. The van der Waals surface area contributed by atoms with E-state index in [1.165, 1.54) is 0 Å². The number of hydrogen-bond acceptors (Lipinski definition) is 8. The van der Waals surface area contributed by atoms with Crippen LogP contribution in [-0.2, 0) is 9.68 Å². The Morgan fingerprint density at radius 1 is 1.23 bits per heavy atom. The quantitative estimate of drug-likeness (QED) is 0.177. The highest BCUT2D eigenvalue weighted by molar-refractivity contribution is 6.11. The van der Waals surface area contributed by atoms with Gasteiger partial charge in [-0.3, -0.25) is 29.8 Å². The highest BCUT2D eigenvalue weighted by Gasteiger charge is 2.32. The third kappa shape index (κ3) is 4.60. The van der Waals surface area contributed by atoms with Gasteiger partial charge in [0.15, 0.2) is 5.56 Å². The summed E-state index contributed by atoms with van der Waals surface area (Å²) in [4.78, 5) is 48.4. The van der Waals surface area contributed by atoms with Crippen molar-refractivity contribution in [1.82, 2.24) is 0 Å². The molecular weight excluding hydrogens is 350 g/mol. The zero-order chi connectivity index (χ0) is 20.1. The van der Waals surface area contributed by atoms with Gasteiger partial charge < -0.3 is 10.2 Å². The van der Waals surface area contributed by atoms with Crippen molar-refractivity contribution in [2.75, 3.05) is 5.32 Å². The minimum absolute atomic E-state index is 0.186. The van der Waals surface area contributed by atoms with E-state index in [1.807, 2.05) is 0 Å². The Bertz CT molecular complexity index is 750. The first-order chi connectivity index (χ1) is 12.0. The third-order valence-corrected chi connectivity index (χ3v) is 3.77. The number of benzene rings is 1. The maximum Gasteiger partial charge on any atom is 0.289 e. The van der Waals surface area contributed by atoms with E-state index in [0.29, 0.717) is 18.8 Å². The largest absolute Gasteiger partial charge is 0.348 e. The number of nitrogens with one attached hydrogen (secondary N) is 1. The summed E-state index contributed by atoms with van der Waals surface area (Å²) in [5, 5.41) is 33.2. The molecule has 0 bridgehead atoms. The molecule has 11 nitrogen and oxygen atoms in total. The lowest BCUT2D eigenvalue weighted by molar-refractivity contribution is -0.394. The number of allylic oxidation sites excluding steroid dienone is 1. The number of amides is 1. The lowest BCUT2D eigenvalue weighted by atomic mass is 9.89. The predicted molar refractivity (Wildman–Crippen MR) is 89.6 cm³/mol. The molecule has 0 heterocycles. The molecule has 26 heavy (non-hydrogen) atoms. The number of anilines is 1. The smallest absolute Gasteiger partial charge is 0.289 e. The van der Waals surface area contributed by atoms with E-state index in [9.17, 15) is 29.8 Å². The molecule has 0 unspecified atom stereocenters. The molecule has 11 heteroatoms. The summed E-state index contributed by atoms with van der Waals surface area (Å²) in [5.41, 5.74) is -3.53. The van der Waals surface area contributed by atoms with Crippen LogP contribution in [0, 0.1) is 25.6 Å². The summed E-state index contributed by atoms with van der Waals surface area (Å²) in [5.74, 6) is -1.61. The Balaban J connectivity index is 3.54. The summed E-state index contributed by atoms with van der Waals surface area (Å²) >= 11 is 0. The van der Waals surface area contributed by atoms with Gasteiger partial charge in [-0.15, -0.1) is 0 Å². The van der Waals surface area contributed by atoms with Crippen molar-refractivity contribution in [3.63, 3.8) is 0 Å². The molecule has 0 aliphatic heterocycles. The summed E-state index contributed by atoms with van der Waals surface area (Å²) < 4.78 is 0. The Labute approximate surface area is 147 Å². The van der Waals surface area contributed by atoms with Gasteiger partial charge in [-0.05, 0) is 6.42 Å². The average Bonchev–Trinajstić information content (AvgIpc) is 2.58. The number of nitro benzene ring substituents is 2. The van der Waals surface area contributed by atoms with Crippen LogP contribution in [0.5, 0.6) is 0 Å². The molecule has 1 rings (SSSR count). The lowest BCUT2D eigenvalue weighted by Crippen LogP contribution is -2.30. The van der Waals surface area contributed by atoms with Crippen LogP contribution >= 0.6 is 0 Å². The SMILES string of the molecule is CCC(C)(C)C(=O)Nc1cc([N+](=O)[O-])c(C(=O)C=COO)c([N+](=O)[O-])c1. The average molecular weight is 367 g/mol. The predicted octanol–water partition coefficient (Wildman–Crippen LogP) is 3.06. The minimum Gasteiger partial charge on any atom is -0.348 e. The zero-order valence-corrected chi connectivity index (χ0v) is 14.2. The van der Waals surface area contributed by atoms with Crippen LogP contribution in [0.3, 0.4) is 0 Å². The van der Waals surface area contributed by atoms with Crippen molar-refractivity contribution < 1.29 is 29.6 Å². The third-order valence-electron chi connectivity index (χ3n) is 3.77. The van der Waals surface area contributed by atoms with Gasteiger partial charge in [0.25, 0.3) is 11.4 Å². The highest BCUT2D eigenvalue weighted by atomic mass is 17.1. The highest BCUT2D eigenvalue weighted by Crippen LogP contribution is 2.34. The molecule has 0 saturated heterocycles. The summed E-state index contributed by atoms with van der Waals surface area (Å²) in [6.07, 6.45) is 1.56. The molecule has 2 N–H and O–H groups in total. The molecule has 0 saturated carbocycles.